The Labute approximate surface area is 101 Å². The molecule has 0 saturated heterocycles. The molecule has 16 heavy (non-hydrogen) atoms. The molecule has 1 atom stereocenters. The largest absolute Gasteiger partial charge is 0.396 e. The fourth-order valence-corrected chi connectivity index (χ4v) is 2.07. The van der Waals surface area contributed by atoms with Crippen LogP contribution in [-0.4, -0.2) is 34.2 Å². The second kappa shape index (κ2) is 5.41. The van der Waals surface area contributed by atoms with Crippen LogP contribution < -0.4 is 11.1 Å². The lowest BCUT2D eigenvalue weighted by atomic mass is 10.1. The first kappa shape index (κ1) is 13.1. The van der Waals surface area contributed by atoms with Crippen molar-refractivity contribution in [2.45, 2.75) is 19.4 Å². The number of thioether (sulfide) groups is 1. The van der Waals surface area contributed by atoms with Crippen LogP contribution in [0, 0.1) is 6.92 Å². The van der Waals surface area contributed by atoms with Gasteiger partial charge in [0.1, 0.15) is 5.82 Å². The van der Waals surface area contributed by atoms with Gasteiger partial charge in [-0.2, -0.15) is 11.8 Å². The monoisotopic (exact) mass is 241 g/mol. The van der Waals surface area contributed by atoms with Crippen LogP contribution in [0.3, 0.4) is 0 Å². The minimum atomic E-state index is -0.753. The van der Waals surface area contributed by atoms with Crippen LogP contribution >= 0.6 is 11.8 Å². The molecule has 4 nitrogen and oxygen atoms in total. The standard InChI is InChI=1S/C11H19N3OS/c1-8-4-5-9(12)10(14-8)13-6-11(2,15)7-16-3/h4-5,15H,6-7,12H2,1-3H3,(H,13,14). The topological polar surface area (TPSA) is 71.2 Å². The molecule has 0 aliphatic rings. The zero-order valence-electron chi connectivity index (χ0n) is 9.95. The van der Waals surface area contributed by atoms with E-state index in [9.17, 15) is 5.11 Å². The summed E-state index contributed by atoms with van der Waals surface area (Å²) in [6.07, 6.45) is 1.97. The lowest BCUT2D eigenvalue weighted by molar-refractivity contribution is 0.0996. The minimum absolute atomic E-state index is 0.439. The summed E-state index contributed by atoms with van der Waals surface area (Å²) in [5.41, 5.74) is 6.53. The van der Waals surface area contributed by atoms with Crippen LogP contribution in [-0.2, 0) is 0 Å². The van der Waals surface area contributed by atoms with Gasteiger partial charge in [-0.1, -0.05) is 0 Å². The summed E-state index contributed by atoms with van der Waals surface area (Å²) in [6, 6.07) is 3.68. The van der Waals surface area contributed by atoms with E-state index >= 15 is 0 Å². The number of nitrogens with zero attached hydrogens (tertiary/aromatic N) is 1. The molecular formula is C11H19N3OS. The van der Waals surface area contributed by atoms with Crippen molar-refractivity contribution in [3.63, 3.8) is 0 Å². The van der Waals surface area contributed by atoms with Gasteiger partial charge in [0.25, 0.3) is 0 Å². The van der Waals surface area contributed by atoms with Crippen LogP contribution in [0.1, 0.15) is 12.6 Å². The number of anilines is 2. The van der Waals surface area contributed by atoms with E-state index in [-0.39, 0.29) is 0 Å². The van der Waals surface area contributed by atoms with E-state index in [2.05, 4.69) is 10.3 Å². The Morgan fingerprint density at radius 1 is 1.56 bits per heavy atom. The van der Waals surface area contributed by atoms with Gasteiger partial charge in [-0.15, -0.1) is 0 Å². The van der Waals surface area contributed by atoms with Crippen molar-refractivity contribution < 1.29 is 5.11 Å². The molecule has 1 rings (SSSR count). The van der Waals surface area contributed by atoms with Crippen molar-refractivity contribution in [2.75, 3.05) is 29.6 Å². The van der Waals surface area contributed by atoms with E-state index in [0.717, 1.165) is 5.69 Å². The summed E-state index contributed by atoms with van der Waals surface area (Å²) in [7, 11) is 0. The Kier molecular flexibility index (Phi) is 4.44. The molecule has 0 fully saturated rings. The molecule has 1 aromatic heterocycles. The highest BCUT2D eigenvalue weighted by Crippen LogP contribution is 2.17. The van der Waals surface area contributed by atoms with E-state index in [4.69, 9.17) is 5.73 Å². The van der Waals surface area contributed by atoms with Crippen molar-refractivity contribution in [1.29, 1.82) is 0 Å². The third-order valence-corrected chi connectivity index (χ3v) is 3.07. The SMILES string of the molecule is CSCC(C)(O)CNc1nc(C)ccc1N. The first-order chi connectivity index (χ1) is 7.44. The summed E-state index contributed by atoms with van der Waals surface area (Å²) in [5.74, 6) is 1.31. The lowest BCUT2D eigenvalue weighted by Gasteiger charge is -2.23. The maximum Gasteiger partial charge on any atom is 0.149 e. The quantitative estimate of drug-likeness (QED) is 0.728. The average Bonchev–Trinajstić information content (AvgIpc) is 2.19. The number of nitrogens with two attached hydrogens (primary N) is 1. The molecule has 0 aliphatic heterocycles. The highest BCUT2D eigenvalue weighted by Gasteiger charge is 2.19. The van der Waals surface area contributed by atoms with Crippen molar-refractivity contribution in [1.82, 2.24) is 4.98 Å². The molecule has 0 bridgehead atoms. The Morgan fingerprint density at radius 2 is 2.25 bits per heavy atom. The van der Waals surface area contributed by atoms with Crippen LogP contribution in [0.5, 0.6) is 0 Å². The van der Waals surface area contributed by atoms with Crippen LogP contribution in [0.4, 0.5) is 11.5 Å². The summed E-state index contributed by atoms with van der Waals surface area (Å²) < 4.78 is 0. The van der Waals surface area contributed by atoms with E-state index in [0.29, 0.717) is 23.8 Å². The van der Waals surface area contributed by atoms with Gasteiger partial charge in [0.2, 0.25) is 0 Å². The minimum Gasteiger partial charge on any atom is -0.396 e. The predicted octanol–water partition coefficient (Wildman–Crippen LogP) is 1.50. The molecular weight excluding hydrogens is 222 g/mol. The molecule has 0 spiro atoms. The Hall–Kier alpha value is -0.940. The molecule has 4 N–H and O–H groups in total. The molecule has 1 heterocycles. The number of aliphatic hydroxyl groups is 1. The van der Waals surface area contributed by atoms with Crippen molar-refractivity contribution >= 4 is 23.3 Å². The fourth-order valence-electron chi connectivity index (χ4n) is 1.35. The van der Waals surface area contributed by atoms with Gasteiger partial charge < -0.3 is 16.2 Å². The summed E-state index contributed by atoms with van der Waals surface area (Å²) in [4.78, 5) is 4.28. The maximum absolute atomic E-state index is 9.98. The molecule has 1 unspecified atom stereocenters. The zero-order chi connectivity index (χ0) is 12.2. The number of pyridine rings is 1. The van der Waals surface area contributed by atoms with E-state index in [1.54, 1.807) is 18.7 Å². The number of hydrogen-bond acceptors (Lipinski definition) is 5. The highest BCUT2D eigenvalue weighted by molar-refractivity contribution is 7.98. The average molecular weight is 241 g/mol. The molecule has 0 amide bonds. The van der Waals surface area contributed by atoms with Gasteiger partial charge in [-0.3, -0.25) is 0 Å². The van der Waals surface area contributed by atoms with Crippen LogP contribution in [0.25, 0.3) is 0 Å². The highest BCUT2D eigenvalue weighted by atomic mass is 32.2. The smallest absolute Gasteiger partial charge is 0.149 e. The van der Waals surface area contributed by atoms with Crippen LogP contribution in [0.2, 0.25) is 0 Å². The molecule has 0 aliphatic carbocycles. The molecule has 90 valence electrons. The first-order valence-corrected chi connectivity index (χ1v) is 6.52. The van der Waals surface area contributed by atoms with E-state index in [1.165, 1.54) is 0 Å². The number of hydrogen-bond donors (Lipinski definition) is 3. The fraction of sp³-hybridized carbons (Fsp3) is 0.545. The van der Waals surface area contributed by atoms with Gasteiger partial charge in [-0.25, -0.2) is 4.98 Å². The van der Waals surface area contributed by atoms with Crippen molar-refractivity contribution in [3.05, 3.63) is 17.8 Å². The Bertz CT molecular complexity index is 355. The number of nitrogens with one attached hydrogen (secondary N) is 1. The first-order valence-electron chi connectivity index (χ1n) is 5.13. The lowest BCUT2D eigenvalue weighted by Crippen LogP contribution is -2.36. The normalized spacial score (nSPS) is 14.5. The number of nitrogen functional groups attached to an aromatic ring is 1. The van der Waals surface area contributed by atoms with Gasteiger partial charge in [-0.05, 0) is 32.2 Å². The number of aryl methyl sites for hydroxylation is 1. The predicted molar refractivity (Wildman–Crippen MR) is 70.9 cm³/mol. The molecule has 5 heteroatoms. The summed E-state index contributed by atoms with van der Waals surface area (Å²) in [6.45, 7) is 4.14. The van der Waals surface area contributed by atoms with Crippen molar-refractivity contribution in [3.8, 4) is 0 Å². The second-order valence-corrected chi connectivity index (χ2v) is 5.04. The van der Waals surface area contributed by atoms with Gasteiger partial charge >= 0.3 is 0 Å². The molecule has 0 saturated carbocycles. The zero-order valence-corrected chi connectivity index (χ0v) is 10.8. The van der Waals surface area contributed by atoms with Gasteiger partial charge in [0.15, 0.2) is 0 Å². The number of aromatic nitrogens is 1. The van der Waals surface area contributed by atoms with Crippen LogP contribution in [0.15, 0.2) is 12.1 Å². The maximum atomic E-state index is 9.98. The van der Waals surface area contributed by atoms with E-state index < -0.39 is 5.60 Å². The third-order valence-electron chi connectivity index (χ3n) is 2.16. The van der Waals surface area contributed by atoms with E-state index in [1.807, 2.05) is 25.3 Å². The third kappa shape index (κ3) is 3.90. The molecule has 0 aromatic carbocycles. The molecule has 1 aromatic rings. The van der Waals surface area contributed by atoms with Crippen molar-refractivity contribution in [2.24, 2.45) is 0 Å². The number of rotatable bonds is 5. The Morgan fingerprint density at radius 3 is 2.88 bits per heavy atom. The summed E-state index contributed by atoms with van der Waals surface area (Å²) in [5, 5.41) is 13.1. The Balaban J connectivity index is 2.63. The summed E-state index contributed by atoms with van der Waals surface area (Å²) >= 11 is 1.61. The second-order valence-electron chi connectivity index (χ2n) is 4.17. The van der Waals surface area contributed by atoms with Gasteiger partial charge in [0.05, 0.1) is 11.3 Å². The molecule has 0 radical (unpaired) electrons. The van der Waals surface area contributed by atoms with Gasteiger partial charge in [0, 0.05) is 18.0 Å².